The van der Waals surface area contributed by atoms with E-state index in [1.54, 1.807) is 12.1 Å². The van der Waals surface area contributed by atoms with Crippen LogP contribution in [0.3, 0.4) is 0 Å². The minimum Gasteiger partial charge on any atom is -0.478 e. The number of hydrogen-bond acceptors (Lipinski definition) is 6. The molecular weight excluding hydrogens is 500 g/mol. The Balaban J connectivity index is 1.35. The molecule has 3 fully saturated rings. The van der Waals surface area contributed by atoms with Gasteiger partial charge in [0.1, 0.15) is 11.9 Å². The van der Waals surface area contributed by atoms with Crippen LogP contribution in [0.5, 0.6) is 5.88 Å². The predicted molar refractivity (Wildman–Crippen MR) is 145 cm³/mol. The van der Waals surface area contributed by atoms with E-state index in [2.05, 4.69) is 23.3 Å². The van der Waals surface area contributed by atoms with Gasteiger partial charge in [-0.15, -0.1) is 0 Å². The summed E-state index contributed by atoms with van der Waals surface area (Å²) in [4.78, 5) is 33.6. The number of amides is 1. The molecule has 2 atom stereocenters. The van der Waals surface area contributed by atoms with Gasteiger partial charge in [0.05, 0.1) is 12.2 Å². The molecule has 1 N–H and O–H groups in total. The molecular formula is C30H35ClN4O3. The summed E-state index contributed by atoms with van der Waals surface area (Å²) in [5, 5.41) is 13.2. The van der Waals surface area contributed by atoms with Crippen molar-refractivity contribution < 1.29 is 14.3 Å². The Labute approximate surface area is 229 Å². The lowest BCUT2D eigenvalue weighted by Gasteiger charge is -2.46. The molecule has 1 amide bonds. The van der Waals surface area contributed by atoms with E-state index in [0.717, 1.165) is 31.4 Å². The van der Waals surface area contributed by atoms with Crippen LogP contribution < -0.4 is 10.1 Å². The Hall–Kier alpha value is -2.95. The Kier molecular flexibility index (Phi) is 7.74. The first-order valence-electron chi connectivity index (χ1n) is 13.6. The zero-order valence-electron chi connectivity index (χ0n) is 21.9. The van der Waals surface area contributed by atoms with Gasteiger partial charge in [-0.05, 0) is 68.8 Å². The molecule has 1 saturated carbocycles. The summed E-state index contributed by atoms with van der Waals surface area (Å²) >= 11 is 6.19. The van der Waals surface area contributed by atoms with E-state index < -0.39 is 5.41 Å². The van der Waals surface area contributed by atoms with Gasteiger partial charge in [-0.2, -0.15) is 5.26 Å². The van der Waals surface area contributed by atoms with Crippen molar-refractivity contribution in [3.05, 3.63) is 58.7 Å². The SMILES string of the molecule is CC1(C(=O)N2CCC(C(=O)[C@]3(CCOc4ccc(C#N)cn4)CCNC[C@H]3c3ccc(Cl)cc3)CC2)CC1. The number of nitriles is 1. The van der Waals surface area contributed by atoms with Crippen molar-refractivity contribution in [2.75, 3.05) is 32.8 Å². The van der Waals surface area contributed by atoms with Crippen LogP contribution >= 0.6 is 11.6 Å². The minimum absolute atomic E-state index is 0.0106. The van der Waals surface area contributed by atoms with Gasteiger partial charge in [0.15, 0.2) is 0 Å². The number of hydrogen-bond donors (Lipinski definition) is 1. The van der Waals surface area contributed by atoms with Crippen LogP contribution in [0.1, 0.15) is 62.5 Å². The molecule has 2 saturated heterocycles. The first-order valence-corrected chi connectivity index (χ1v) is 14.0. The summed E-state index contributed by atoms with van der Waals surface area (Å²) in [6, 6.07) is 13.3. The third-order valence-corrected chi connectivity index (χ3v) is 9.11. The molecule has 2 aliphatic heterocycles. The van der Waals surface area contributed by atoms with Crippen molar-refractivity contribution in [1.82, 2.24) is 15.2 Å². The van der Waals surface area contributed by atoms with Crippen LogP contribution in [-0.4, -0.2) is 54.4 Å². The maximum atomic E-state index is 14.5. The fourth-order valence-corrected chi connectivity index (χ4v) is 6.31. The maximum Gasteiger partial charge on any atom is 0.228 e. The quantitative estimate of drug-likeness (QED) is 0.525. The number of ether oxygens (including phenoxy) is 1. The molecule has 3 aliphatic rings. The lowest BCUT2D eigenvalue weighted by molar-refractivity contribution is -0.143. The van der Waals surface area contributed by atoms with Crippen LogP contribution in [0.15, 0.2) is 42.6 Å². The fraction of sp³-hybridized carbons (Fsp3) is 0.533. The second-order valence-electron chi connectivity index (χ2n) is 11.3. The Morgan fingerprint density at radius 2 is 1.89 bits per heavy atom. The van der Waals surface area contributed by atoms with Gasteiger partial charge >= 0.3 is 0 Å². The summed E-state index contributed by atoms with van der Waals surface area (Å²) in [6.07, 6.45) is 6.15. The highest BCUT2D eigenvalue weighted by atomic mass is 35.5. The van der Waals surface area contributed by atoms with E-state index in [9.17, 15) is 9.59 Å². The standard InChI is InChI=1S/C30H35ClN4O3/c1-29(10-11-29)28(37)35-15-8-23(9-16-35)27(36)30(13-17-38-26-7-2-21(18-32)19-34-26)12-14-33-20-25(30)22-3-5-24(31)6-4-22/h2-7,19,23,25,33H,8-17,20H2,1H3/t25-,30-/m0/s1. The Bertz CT molecular complexity index is 1200. The van der Waals surface area contributed by atoms with Crippen molar-refractivity contribution in [2.24, 2.45) is 16.7 Å². The van der Waals surface area contributed by atoms with Crippen molar-refractivity contribution in [2.45, 2.75) is 51.4 Å². The van der Waals surface area contributed by atoms with Gasteiger partial charge in [-0.1, -0.05) is 30.7 Å². The van der Waals surface area contributed by atoms with Gasteiger partial charge in [-0.25, -0.2) is 4.98 Å². The second kappa shape index (κ2) is 11.0. The third-order valence-electron chi connectivity index (χ3n) is 8.86. The minimum atomic E-state index is -0.592. The van der Waals surface area contributed by atoms with E-state index in [1.807, 2.05) is 29.2 Å². The molecule has 1 aromatic carbocycles. The second-order valence-corrected chi connectivity index (χ2v) is 11.7. The van der Waals surface area contributed by atoms with Crippen molar-refractivity contribution in [1.29, 1.82) is 5.26 Å². The lowest BCUT2D eigenvalue weighted by atomic mass is 9.60. The van der Waals surface area contributed by atoms with Crippen LogP contribution in [-0.2, 0) is 9.59 Å². The summed E-state index contributed by atoms with van der Waals surface area (Å²) in [5.41, 5.74) is 0.806. The van der Waals surface area contributed by atoms with E-state index in [0.29, 0.717) is 67.8 Å². The van der Waals surface area contributed by atoms with Gasteiger partial charge in [-0.3, -0.25) is 9.59 Å². The largest absolute Gasteiger partial charge is 0.478 e. The van der Waals surface area contributed by atoms with E-state index in [1.165, 1.54) is 6.20 Å². The number of pyridine rings is 1. The van der Waals surface area contributed by atoms with E-state index >= 15 is 0 Å². The van der Waals surface area contributed by atoms with Crippen LogP contribution in [0.25, 0.3) is 0 Å². The first-order chi connectivity index (χ1) is 18.3. The number of nitrogens with zero attached hydrogens (tertiary/aromatic N) is 3. The normalized spacial score (nSPS) is 24.9. The number of aromatic nitrogens is 1. The number of rotatable bonds is 8. The molecule has 7 nitrogen and oxygen atoms in total. The molecule has 0 unspecified atom stereocenters. The lowest BCUT2D eigenvalue weighted by Crippen LogP contribution is -2.53. The number of likely N-dealkylation sites (tertiary alicyclic amines) is 1. The first kappa shape index (κ1) is 26.6. The molecule has 0 spiro atoms. The monoisotopic (exact) mass is 534 g/mol. The summed E-state index contributed by atoms with van der Waals surface area (Å²) in [7, 11) is 0. The van der Waals surface area contributed by atoms with Gasteiger partial charge in [0.25, 0.3) is 0 Å². The number of benzene rings is 1. The molecule has 3 heterocycles. The number of carbonyl (C=O) groups is 2. The van der Waals surface area contributed by atoms with Gasteiger partial charge < -0.3 is 15.0 Å². The Morgan fingerprint density at radius 1 is 1.16 bits per heavy atom. The predicted octanol–water partition coefficient (Wildman–Crippen LogP) is 4.75. The number of Topliss-reactive ketones (excluding diaryl/α,β-unsaturated/α-hetero) is 1. The summed E-state index contributed by atoms with van der Waals surface area (Å²) in [5.74, 6) is 0.905. The topological polar surface area (TPSA) is 95.3 Å². The number of ketones is 1. The van der Waals surface area contributed by atoms with Crippen LogP contribution in [0.2, 0.25) is 5.02 Å². The highest BCUT2D eigenvalue weighted by Gasteiger charge is 2.51. The van der Waals surface area contributed by atoms with Gasteiger partial charge in [0.2, 0.25) is 11.8 Å². The van der Waals surface area contributed by atoms with Gasteiger partial charge in [0, 0.05) is 59.6 Å². The molecule has 200 valence electrons. The average molecular weight is 535 g/mol. The molecule has 1 aliphatic carbocycles. The fourth-order valence-electron chi connectivity index (χ4n) is 6.18. The molecule has 8 heteroatoms. The Morgan fingerprint density at radius 3 is 2.53 bits per heavy atom. The number of halogens is 1. The molecule has 0 radical (unpaired) electrons. The molecule has 5 rings (SSSR count). The van der Waals surface area contributed by atoms with E-state index in [4.69, 9.17) is 21.6 Å². The highest BCUT2D eigenvalue weighted by Crippen LogP contribution is 2.49. The van der Waals surface area contributed by atoms with Crippen molar-refractivity contribution in [3.8, 4) is 11.9 Å². The maximum absolute atomic E-state index is 14.5. The average Bonchev–Trinajstić information content (AvgIpc) is 3.71. The highest BCUT2D eigenvalue weighted by molar-refractivity contribution is 6.30. The van der Waals surface area contributed by atoms with Crippen molar-refractivity contribution in [3.63, 3.8) is 0 Å². The zero-order chi connectivity index (χ0) is 26.8. The summed E-state index contributed by atoms with van der Waals surface area (Å²) < 4.78 is 6.00. The zero-order valence-corrected chi connectivity index (χ0v) is 22.7. The third kappa shape index (κ3) is 5.43. The number of carbonyl (C=O) groups excluding carboxylic acids is 2. The van der Waals surface area contributed by atoms with E-state index in [-0.39, 0.29) is 23.2 Å². The molecule has 0 bridgehead atoms. The van der Waals surface area contributed by atoms with Crippen LogP contribution in [0, 0.1) is 28.1 Å². The molecule has 2 aromatic rings. The van der Waals surface area contributed by atoms with Crippen LogP contribution in [0.4, 0.5) is 0 Å². The van der Waals surface area contributed by atoms with Crippen molar-refractivity contribution >= 4 is 23.3 Å². The smallest absolute Gasteiger partial charge is 0.228 e. The molecule has 38 heavy (non-hydrogen) atoms. The molecule has 1 aromatic heterocycles. The summed E-state index contributed by atoms with van der Waals surface area (Å²) in [6.45, 7) is 5.17. The number of piperidine rings is 2. The number of nitrogens with one attached hydrogen (secondary N) is 1.